The highest BCUT2D eigenvalue weighted by Gasteiger charge is 2.28. The molecule has 6 nitrogen and oxygen atoms in total. The van der Waals surface area contributed by atoms with Crippen LogP contribution in [0.25, 0.3) is 10.9 Å². The molecule has 1 aliphatic carbocycles. The first kappa shape index (κ1) is 20.0. The number of hydrogen-bond acceptors (Lipinski definition) is 4. The van der Waals surface area contributed by atoms with Crippen molar-refractivity contribution in [2.24, 2.45) is 0 Å². The summed E-state index contributed by atoms with van der Waals surface area (Å²) in [7, 11) is 0. The number of para-hydroxylation sites is 1. The minimum absolute atomic E-state index is 0.0497. The molecule has 0 saturated heterocycles. The third-order valence-electron chi connectivity index (χ3n) is 4.70. The monoisotopic (exact) mass is 450 g/mol. The number of amides is 1. The maximum Gasteiger partial charge on any atom is 0.261 e. The van der Waals surface area contributed by atoms with Gasteiger partial charge in [0, 0.05) is 23.9 Å². The number of rotatable bonds is 6. The number of hydrazine groups is 1. The second kappa shape index (κ2) is 8.22. The van der Waals surface area contributed by atoms with Crippen molar-refractivity contribution in [1.82, 2.24) is 15.0 Å². The van der Waals surface area contributed by atoms with Crippen LogP contribution >= 0.6 is 34.8 Å². The number of nitrogens with zero attached hydrogens (tertiary/aromatic N) is 2. The van der Waals surface area contributed by atoms with Crippen LogP contribution in [0.15, 0.2) is 41.2 Å². The number of anilines is 1. The van der Waals surface area contributed by atoms with Gasteiger partial charge in [0.1, 0.15) is 5.82 Å². The predicted octanol–water partition coefficient (Wildman–Crippen LogP) is 4.77. The molecule has 0 aliphatic heterocycles. The maximum atomic E-state index is 12.9. The Kier molecular flexibility index (Phi) is 5.67. The third kappa shape index (κ3) is 4.34. The molecule has 1 saturated carbocycles. The lowest BCUT2D eigenvalue weighted by Gasteiger charge is -2.14. The molecular weight excluding hydrogens is 435 g/mol. The van der Waals surface area contributed by atoms with Gasteiger partial charge in [-0.3, -0.25) is 25.0 Å². The fraction of sp³-hybridized carbons (Fsp3) is 0.250. The van der Waals surface area contributed by atoms with Crippen LogP contribution in [0, 0.1) is 0 Å². The van der Waals surface area contributed by atoms with Crippen molar-refractivity contribution in [1.29, 1.82) is 0 Å². The highest BCUT2D eigenvalue weighted by Crippen LogP contribution is 2.35. The van der Waals surface area contributed by atoms with Crippen LogP contribution in [0.5, 0.6) is 0 Å². The van der Waals surface area contributed by atoms with Crippen molar-refractivity contribution < 1.29 is 4.79 Å². The SMILES string of the molecule is O=C(CCc1nc2ccccc2c(=O)n1C1CC1)NNc1c(Cl)cc(Cl)cc1Cl. The molecule has 1 aromatic heterocycles. The number of nitrogens with one attached hydrogen (secondary N) is 2. The molecular formula is C20H17Cl3N4O2. The second-order valence-corrected chi connectivity index (χ2v) is 8.12. The van der Waals surface area contributed by atoms with Gasteiger partial charge in [-0.05, 0) is 37.1 Å². The Morgan fingerprint density at radius 1 is 1.14 bits per heavy atom. The molecule has 2 aromatic carbocycles. The first-order valence-electron chi connectivity index (χ1n) is 9.13. The van der Waals surface area contributed by atoms with Gasteiger partial charge in [-0.2, -0.15) is 0 Å². The van der Waals surface area contributed by atoms with Crippen LogP contribution in [-0.4, -0.2) is 15.5 Å². The van der Waals surface area contributed by atoms with Crippen molar-refractivity contribution in [2.45, 2.75) is 31.7 Å². The van der Waals surface area contributed by atoms with E-state index in [2.05, 4.69) is 15.8 Å². The molecule has 0 unspecified atom stereocenters. The van der Waals surface area contributed by atoms with E-state index in [4.69, 9.17) is 34.8 Å². The number of halogens is 3. The summed E-state index contributed by atoms with van der Waals surface area (Å²) >= 11 is 18.1. The molecule has 0 atom stereocenters. The lowest BCUT2D eigenvalue weighted by molar-refractivity contribution is -0.120. The average Bonchev–Trinajstić information content (AvgIpc) is 3.50. The van der Waals surface area contributed by atoms with E-state index in [-0.39, 0.29) is 23.9 Å². The Hall–Kier alpha value is -2.28. The fourth-order valence-corrected chi connectivity index (χ4v) is 4.07. The number of carbonyl (C=O) groups excluding carboxylic acids is 1. The number of benzene rings is 2. The van der Waals surface area contributed by atoms with Gasteiger partial charge in [-0.15, -0.1) is 0 Å². The second-order valence-electron chi connectivity index (χ2n) is 6.87. The first-order valence-corrected chi connectivity index (χ1v) is 10.3. The van der Waals surface area contributed by atoms with Gasteiger partial charge in [0.05, 0.1) is 26.6 Å². The predicted molar refractivity (Wildman–Crippen MR) is 116 cm³/mol. The minimum atomic E-state index is -0.281. The van der Waals surface area contributed by atoms with Crippen molar-refractivity contribution in [3.8, 4) is 0 Å². The van der Waals surface area contributed by atoms with Crippen LogP contribution in [0.4, 0.5) is 5.69 Å². The van der Waals surface area contributed by atoms with Crippen molar-refractivity contribution >= 4 is 57.3 Å². The summed E-state index contributed by atoms with van der Waals surface area (Å²) in [6.07, 6.45) is 2.39. The zero-order valence-electron chi connectivity index (χ0n) is 15.2. The molecule has 0 bridgehead atoms. The van der Waals surface area contributed by atoms with Crippen LogP contribution in [0.2, 0.25) is 15.1 Å². The Bertz CT molecular complexity index is 1140. The summed E-state index contributed by atoms with van der Waals surface area (Å²) in [5, 5.41) is 1.58. The number of aryl methyl sites for hydroxylation is 1. The van der Waals surface area contributed by atoms with Crippen LogP contribution in [-0.2, 0) is 11.2 Å². The Morgan fingerprint density at radius 2 is 1.83 bits per heavy atom. The summed E-state index contributed by atoms with van der Waals surface area (Å²) in [6.45, 7) is 0. The van der Waals surface area contributed by atoms with E-state index in [1.54, 1.807) is 10.6 Å². The number of carbonyl (C=O) groups is 1. The van der Waals surface area contributed by atoms with Crippen molar-refractivity contribution in [3.63, 3.8) is 0 Å². The zero-order chi connectivity index (χ0) is 20.5. The van der Waals surface area contributed by atoms with Gasteiger partial charge in [0.2, 0.25) is 5.91 Å². The van der Waals surface area contributed by atoms with Crippen LogP contribution in [0.1, 0.15) is 31.1 Å². The largest absolute Gasteiger partial charge is 0.296 e. The van der Waals surface area contributed by atoms with Crippen molar-refractivity contribution in [2.75, 3.05) is 5.43 Å². The molecule has 1 aliphatic rings. The quantitative estimate of drug-likeness (QED) is 0.529. The molecule has 9 heteroatoms. The molecule has 150 valence electrons. The van der Waals surface area contributed by atoms with E-state index in [1.807, 2.05) is 18.2 Å². The van der Waals surface area contributed by atoms with Gasteiger partial charge in [-0.1, -0.05) is 46.9 Å². The highest BCUT2D eigenvalue weighted by molar-refractivity contribution is 6.41. The van der Waals surface area contributed by atoms with Gasteiger partial charge in [0.25, 0.3) is 5.56 Å². The van der Waals surface area contributed by atoms with E-state index >= 15 is 0 Å². The Labute approximate surface area is 181 Å². The molecule has 29 heavy (non-hydrogen) atoms. The van der Waals surface area contributed by atoms with E-state index in [0.29, 0.717) is 43.9 Å². The van der Waals surface area contributed by atoms with Gasteiger partial charge in [0.15, 0.2) is 0 Å². The third-order valence-corrected chi connectivity index (χ3v) is 5.52. The van der Waals surface area contributed by atoms with E-state index in [1.165, 1.54) is 12.1 Å². The van der Waals surface area contributed by atoms with E-state index in [9.17, 15) is 9.59 Å². The molecule has 2 N–H and O–H groups in total. The molecule has 1 amide bonds. The number of aromatic nitrogens is 2. The summed E-state index contributed by atoms with van der Waals surface area (Å²) in [6, 6.07) is 10.5. The lowest BCUT2D eigenvalue weighted by atomic mass is 10.2. The molecule has 1 fully saturated rings. The molecule has 0 radical (unpaired) electrons. The Balaban J connectivity index is 1.48. The summed E-state index contributed by atoms with van der Waals surface area (Å²) < 4.78 is 1.73. The summed E-state index contributed by atoms with van der Waals surface area (Å²) in [5.41, 5.74) is 6.25. The number of hydrogen-bond donors (Lipinski definition) is 2. The van der Waals surface area contributed by atoms with Gasteiger partial charge in [-0.25, -0.2) is 4.98 Å². The zero-order valence-corrected chi connectivity index (χ0v) is 17.5. The normalized spacial score (nSPS) is 13.5. The fourth-order valence-electron chi connectivity index (χ4n) is 3.16. The highest BCUT2D eigenvalue weighted by atomic mass is 35.5. The molecule has 1 heterocycles. The Morgan fingerprint density at radius 3 is 2.52 bits per heavy atom. The molecule has 3 aromatic rings. The van der Waals surface area contributed by atoms with Crippen molar-refractivity contribution in [3.05, 3.63) is 67.6 Å². The topological polar surface area (TPSA) is 76.0 Å². The van der Waals surface area contributed by atoms with E-state index in [0.717, 1.165) is 12.8 Å². The first-order chi connectivity index (χ1) is 13.9. The number of fused-ring (bicyclic) bond motifs is 1. The van der Waals surface area contributed by atoms with Gasteiger partial charge >= 0.3 is 0 Å². The summed E-state index contributed by atoms with van der Waals surface area (Å²) in [4.78, 5) is 29.8. The van der Waals surface area contributed by atoms with Crippen LogP contribution < -0.4 is 16.4 Å². The minimum Gasteiger partial charge on any atom is -0.296 e. The average molecular weight is 452 g/mol. The van der Waals surface area contributed by atoms with E-state index < -0.39 is 0 Å². The molecule has 4 rings (SSSR count). The lowest BCUT2D eigenvalue weighted by Crippen LogP contribution is -2.31. The van der Waals surface area contributed by atoms with Crippen LogP contribution in [0.3, 0.4) is 0 Å². The standard InChI is InChI=1S/C20H17Cl3N4O2/c21-11-9-14(22)19(15(23)10-11)26-25-18(28)8-7-17-24-16-4-2-1-3-13(16)20(29)27(17)12-5-6-12/h1-4,9-10,12,26H,5-8H2,(H,25,28). The smallest absolute Gasteiger partial charge is 0.261 e. The molecule has 0 spiro atoms. The maximum absolute atomic E-state index is 12.9. The summed E-state index contributed by atoms with van der Waals surface area (Å²) in [5.74, 6) is 0.339. The van der Waals surface area contributed by atoms with Gasteiger partial charge < -0.3 is 0 Å².